The van der Waals surface area contributed by atoms with Crippen molar-refractivity contribution in [3.8, 4) is 0 Å². The molecule has 12 heavy (non-hydrogen) atoms. The van der Waals surface area contributed by atoms with Gasteiger partial charge in [0.2, 0.25) is 0 Å². The first-order valence-corrected chi connectivity index (χ1v) is 4.26. The molecule has 1 fully saturated rings. The van der Waals surface area contributed by atoms with Gasteiger partial charge in [-0.25, -0.2) is 0 Å². The minimum atomic E-state index is 0. The Labute approximate surface area is 74.4 Å². The molecule has 2 atom stereocenters. The van der Waals surface area contributed by atoms with Crippen molar-refractivity contribution >= 4 is 0 Å². The van der Waals surface area contributed by atoms with Crippen molar-refractivity contribution < 1.29 is 14.9 Å². The lowest BCUT2D eigenvalue weighted by Gasteiger charge is -2.39. The van der Waals surface area contributed by atoms with E-state index in [1.807, 2.05) is 0 Å². The molecule has 3 nitrogen and oxygen atoms in total. The van der Waals surface area contributed by atoms with Crippen LogP contribution in [0.25, 0.3) is 0 Å². The van der Waals surface area contributed by atoms with Crippen LogP contribution in [0.5, 0.6) is 0 Å². The third-order valence-corrected chi connectivity index (χ3v) is 2.40. The van der Waals surface area contributed by atoms with Crippen molar-refractivity contribution in [1.82, 2.24) is 0 Å². The molecule has 1 aliphatic rings. The van der Waals surface area contributed by atoms with E-state index in [1.165, 1.54) is 0 Å². The zero-order valence-corrected chi connectivity index (χ0v) is 8.39. The summed E-state index contributed by atoms with van der Waals surface area (Å²) in [6.45, 7) is 6.36. The van der Waals surface area contributed by atoms with Gasteiger partial charge in [-0.2, -0.15) is 0 Å². The van der Waals surface area contributed by atoms with E-state index in [0.29, 0.717) is 12.2 Å². The SMILES string of the molecule is COC1(C)C[C@H](C)O[C@@H](C)C1.O. The zero-order chi connectivity index (χ0) is 8.48. The fraction of sp³-hybridized carbons (Fsp3) is 1.00. The van der Waals surface area contributed by atoms with E-state index in [1.54, 1.807) is 7.11 Å². The van der Waals surface area contributed by atoms with E-state index < -0.39 is 0 Å². The quantitative estimate of drug-likeness (QED) is 0.602. The van der Waals surface area contributed by atoms with E-state index in [0.717, 1.165) is 12.8 Å². The van der Waals surface area contributed by atoms with Gasteiger partial charge in [-0.3, -0.25) is 0 Å². The van der Waals surface area contributed by atoms with Gasteiger partial charge in [0, 0.05) is 20.0 Å². The summed E-state index contributed by atoms with van der Waals surface area (Å²) >= 11 is 0. The molecule has 0 amide bonds. The van der Waals surface area contributed by atoms with Gasteiger partial charge >= 0.3 is 0 Å². The van der Waals surface area contributed by atoms with E-state index in [2.05, 4.69) is 20.8 Å². The molecule has 1 heterocycles. The average molecular weight is 176 g/mol. The van der Waals surface area contributed by atoms with Crippen molar-refractivity contribution in [2.45, 2.75) is 51.4 Å². The van der Waals surface area contributed by atoms with Crippen LogP contribution in [0.2, 0.25) is 0 Å². The lowest BCUT2D eigenvalue weighted by atomic mass is 9.89. The van der Waals surface area contributed by atoms with Gasteiger partial charge in [-0.1, -0.05) is 0 Å². The maximum Gasteiger partial charge on any atom is 0.0699 e. The molecule has 0 radical (unpaired) electrons. The summed E-state index contributed by atoms with van der Waals surface area (Å²) in [6.07, 6.45) is 2.69. The molecule has 74 valence electrons. The second-order valence-electron chi connectivity index (χ2n) is 3.82. The Bertz CT molecular complexity index is 126. The summed E-state index contributed by atoms with van der Waals surface area (Å²) in [5, 5.41) is 0. The molecular weight excluding hydrogens is 156 g/mol. The number of hydrogen-bond acceptors (Lipinski definition) is 2. The maximum atomic E-state index is 5.60. The Balaban J connectivity index is 0.00000121. The van der Waals surface area contributed by atoms with Crippen molar-refractivity contribution in [2.75, 3.05) is 7.11 Å². The van der Waals surface area contributed by atoms with Crippen LogP contribution in [-0.4, -0.2) is 30.4 Å². The van der Waals surface area contributed by atoms with E-state index >= 15 is 0 Å². The van der Waals surface area contributed by atoms with Crippen molar-refractivity contribution in [2.24, 2.45) is 0 Å². The minimum absolute atomic E-state index is 0. The highest BCUT2D eigenvalue weighted by molar-refractivity contribution is 4.84. The molecule has 0 unspecified atom stereocenters. The first-order chi connectivity index (χ1) is 5.06. The molecule has 0 saturated carbocycles. The third-order valence-electron chi connectivity index (χ3n) is 2.40. The first kappa shape index (κ1) is 11.9. The number of rotatable bonds is 1. The Morgan fingerprint density at radius 1 is 1.25 bits per heavy atom. The summed E-state index contributed by atoms with van der Waals surface area (Å²) < 4.78 is 11.0. The number of ether oxygens (including phenoxy) is 2. The molecule has 0 aromatic carbocycles. The highest BCUT2D eigenvalue weighted by Crippen LogP contribution is 2.30. The van der Waals surface area contributed by atoms with Gasteiger partial charge in [0.05, 0.1) is 17.8 Å². The molecule has 1 rings (SSSR count). The van der Waals surface area contributed by atoms with Crippen molar-refractivity contribution in [3.05, 3.63) is 0 Å². The molecule has 0 spiro atoms. The Hall–Kier alpha value is -0.120. The van der Waals surface area contributed by atoms with Crippen LogP contribution in [-0.2, 0) is 9.47 Å². The van der Waals surface area contributed by atoms with Gasteiger partial charge in [-0.05, 0) is 20.8 Å². The third kappa shape index (κ3) is 2.73. The van der Waals surface area contributed by atoms with Crippen LogP contribution < -0.4 is 0 Å². The summed E-state index contributed by atoms with van der Waals surface area (Å²) in [5.74, 6) is 0. The second kappa shape index (κ2) is 4.21. The van der Waals surface area contributed by atoms with Crippen LogP contribution >= 0.6 is 0 Å². The first-order valence-electron chi connectivity index (χ1n) is 4.26. The molecular formula is C9H20O3. The highest BCUT2D eigenvalue weighted by atomic mass is 16.5. The summed E-state index contributed by atoms with van der Waals surface area (Å²) in [6, 6.07) is 0. The average Bonchev–Trinajstić information content (AvgIpc) is 1.84. The Morgan fingerprint density at radius 2 is 1.67 bits per heavy atom. The lowest BCUT2D eigenvalue weighted by molar-refractivity contribution is -0.138. The predicted octanol–water partition coefficient (Wildman–Crippen LogP) is 1.15. The van der Waals surface area contributed by atoms with Gasteiger partial charge in [0.1, 0.15) is 0 Å². The van der Waals surface area contributed by atoms with Gasteiger partial charge in [0.25, 0.3) is 0 Å². The number of hydrogen-bond donors (Lipinski definition) is 0. The monoisotopic (exact) mass is 176 g/mol. The highest BCUT2D eigenvalue weighted by Gasteiger charge is 2.34. The fourth-order valence-electron chi connectivity index (χ4n) is 1.96. The topological polar surface area (TPSA) is 50.0 Å². The van der Waals surface area contributed by atoms with E-state index in [9.17, 15) is 0 Å². The van der Waals surface area contributed by atoms with Crippen LogP contribution in [0.15, 0.2) is 0 Å². The summed E-state index contributed by atoms with van der Waals surface area (Å²) in [5.41, 5.74) is 0.0388. The van der Waals surface area contributed by atoms with Gasteiger partial charge in [-0.15, -0.1) is 0 Å². The minimum Gasteiger partial charge on any atom is -0.412 e. The molecule has 0 aliphatic carbocycles. The lowest BCUT2D eigenvalue weighted by Crippen LogP contribution is -2.42. The molecule has 2 N–H and O–H groups in total. The van der Waals surface area contributed by atoms with Crippen molar-refractivity contribution in [1.29, 1.82) is 0 Å². The molecule has 0 aromatic rings. The molecule has 3 heteroatoms. The summed E-state index contributed by atoms with van der Waals surface area (Å²) in [7, 11) is 1.78. The Morgan fingerprint density at radius 3 is 2.00 bits per heavy atom. The largest absolute Gasteiger partial charge is 0.412 e. The van der Waals surface area contributed by atoms with Crippen LogP contribution in [0.4, 0.5) is 0 Å². The zero-order valence-electron chi connectivity index (χ0n) is 8.39. The van der Waals surface area contributed by atoms with Crippen LogP contribution in [0.1, 0.15) is 33.6 Å². The van der Waals surface area contributed by atoms with E-state index in [-0.39, 0.29) is 11.1 Å². The smallest absolute Gasteiger partial charge is 0.0699 e. The maximum absolute atomic E-state index is 5.60. The standard InChI is InChI=1S/C9H18O2.H2O/c1-7-5-9(3,10-4)6-8(2)11-7;/h7-8H,5-6H2,1-4H3;1H2/t7-,8-;/m0./s1. The van der Waals surface area contributed by atoms with Gasteiger partial charge in [0.15, 0.2) is 0 Å². The molecule has 1 aliphatic heterocycles. The number of methoxy groups -OCH3 is 1. The second-order valence-corrected chi connectivity index (χ2v) is 3.82. The Kier molecular flexibility index (Phi) is 4.17. The molecule has 0 aromatic heterocycles. The molecule has 0 bridgehead atoms. The summed E-state index contributed by atoms with van der Waals surface area (Å²) in [4.78, 5) is 0. The normalized spacial score (nSPS) is 42.0. The van der Waals surface area contributed by atoms with Crippen LogP contribution in [0.3, 0.4) is 0 Å². The van der Waals surface area contributed by atoms with Gasteiger partial charge < -0.3 is 14.9 Å². The predicted molar refractivity (Wildman–Crippen MR) is 48.3 cm³/mol. The fourth-order valence-corrected chi connectivity index (χ4v) is 1.96. The van der Waals surface area contributed by atoms with E-state index in [4.69, 9.17) is 9.47 Å². The molecule has 1 saturated heterocycles. The van der Waals surface area contributed by atoms with Crippen LogP contribution in [0, 0.1) is 0 Å². The van der Waals surface area contributed by atoms with Crippen molar-refractivity contribution in [3.63, 3.8) is 0 Å².